The van der Waals surface area contributed by atoms with Gasteiger partial charge in [0.25, 0.3) is 5.91 Å². The second kappa shape index (κ2) is 6.44. The Morgan fingerprint density at radius 3 is 2.73 bits per heavy atom. The van der Waals surface area contributed by atoms with E-state index in [-0.39, 0.29) is 11.9 Å². The summed E-state index contributed by atoms with van der Waals surface area (Å²) in [7, 11) is 0. The molecule has 3 rings (SSSR count). The number of rotatable bonds is 3. The predicted octanol–water partition coefficient (Wildman–Crippen LogP) is 2.99. The molecule has 22 heavy (non-hydrogen) atoms. The molecule has 0 spiro atoms. The zero-order valence-corrected chi connectivity index (χ0v) is 13.2. The lowest BCUT2D eigenvalue weighted by atomic mass is 10.0. The largest absolute Gasteiger partial charge is 0.356 e. The van der Waals surface area contributed by atoms with Gasteiger partial charge in [0.15, 0.2) is 0 Å². The predicted molar refractivity (Wildman–Crippen MR) is 86.0 cm³/mol. The van der Waals surface area contributed by atoms with Crippen LogP contribution in [0.5, 0.6) is 0 Å². The number of nitrogens with one attached hydrogen (secondary N) is 1. The Balaban J connectivity index is 1.54. The van der Waals surface area contributed by atoms with Crippen LogP contribution >= 0.6 is 11.3 Å². The van der Waals surface area contributed by atoms with E-state index in [1.54, 1.807) is 6.07 Å². The lowest BCUT2D eigenvalue weighted by Gasteiger charge is -2.33. The highest BCUT2D eigenvalue weighted by Gasteiger charge is 2.22. The summed E-state index contributed by atoms with van der Waals surface area (Å²) in [6, 6.07) is 8.82. The average Bonchev–Trinajstić information content (AvgIpc) is 2.95. The summed E-state index contributed by atoms with van der Waals surface area (Å²) in [6.07, 6.45) is 1.68. The van der Waals surface area contributed by atoms with Crippen molar-refractivity contribution in [2.45, 2.75) is 25.8 Å². The van der Waals surface area contributed by atoms with Gasteiger partial charge in [-0.25, -0.2) is 4.98 Å². The number of carbonyl (C=O) groups is 1. The summed E-state index contributed by atoms with van der Waals surface area (Å²) >= 11 is 1.51. The molecule has 3 heterocycles. The fourth-order valence-corrected chi connectivity index (χ4v) is 3.41. The van der Waals surface area contributed by atoms with Crippen LogP contribution in [0.1, 0.15) is 27.4 Å². The third kappa shape index (κ3) is 3.44. The van der Waals surface area contributed by atoms with Gasteiger partial charge >= 0.3 is 0 Å². The van der Waals surface area contributed by atoms with Crippen LogP contribution in [0.2, 0.25) is 0 Å². The van der Waals surface area contributed by atoms with Gasteiger partial charge < -0.3 is 10.2 Å². The first kappa shape index (κ1) is 15.0. The third-order valence-corrected chi connectivity index (χ3v) is 4.82. The highest BCUT2D eigenvalue weighted by Crippen LogP contribution is 2.19. The van der Waals surface area contributed by atoms with Crippen molar-refractivity contribution in [1.29, 1.82) is 0 Å². The van der Waals surface area contributed by atoms with Crippen LogP contribution < -0.4 is 10.2 Å². The van der Waals surface area contributed by atoms with Crippen molar-refractivity contribution in [3.8, 4) is 0 Å². The van der Waals surface area contributed by atoms with Crippen molar-refractivity contribution in [3.05, 3.63) is 46.0 Å². The van der Waals surface area contributed by atoms with Crippen molar-refractivity contribution in [1.82, 2.24) is 10.3 Å². The summed E-state index contributed by atoms with van der Waals surface area (Å²) in [5, 5.41) is 3.08. The third-order valence-electron chi connectivity index (χ3n) is 3.82. The van der Waals surface area contributed by atoms with E-state index in [1.807, 2.05) is 25.1 Å². The molecule has 1 aliphatic rings. The summed E-state index contributed by atoms with van der Waals surface area (Å²) < 4.78 is 13.2. The van der Waals surface area contributed by atoms with Crippen LogP contribution in [-0.4, -0.2) is 30.0 Å². The molecule has 6 heteroatoms. The first-order valence-corrected chi connectivity index (χ1v) is 8.18. The molecule has 1 amide bonds. The zero-order chi connectivity index (χ0) is 15.5. The van der Waals surface area contributed by atoms with Crippen LogP contribution in [0, 0.1) is 12.9 Å². The number of aryl methyl sites for hydroxylation is 1. The Morgan fingerprint density at radius 2 is 2.09 bits per heavy atom. The molecule has 0 saturated carbocycles. The number of piperidine rings is 1. The highest BCUT2D eigenvalue weighted by atomic mass is 32.1. The molecule has 2 aromatic rings. The number of anilines is 1. The van der Waals surface area contributed by atoms with Crippen molar-refractivity contribution in [2.75, 3.05) is 18.0 Å². The molecule has 1 aliphatic heterocycles. The number of thiophene rings is 1. The van der Waals surface area contributed by atoms with Gasteiger partial charge in [-0.2, -0.15) is 4.39 Å². The van der Waals surface area contributed by atoms with Crippen molar-refractivity contribution >= 4 is 23.1 Å². The average molecular weight is 319 g/mol. The maximum atomic E-state index is 13.2. The van der Waals surface area contributed by atoms with E-state index in [4.69, 9.17) is 0 Å². The Labute approximate surface area is 133 Å². The van der Waals surface area contributed by atoms with Gasteiger partial charge in [-0.1, -0.05) is 6.07 Å². The molecule has 4 nitrogen and oxygen atoms in total. The summed E-state index contributed by atoms with van der Waals surface area (Å²) in [5.74, 6) is 0.208. The zero-order valence-electron chi connectivity index (χ0n) is 12.4. The van der Waals surface area contributed by atoms with Gasteiger partial charge in [-0.05, 0) is 44.0 Å². The SMILES string of the molecule is Cc1ccc(C(=O)NC2CCN(c3cccc(F)n3)CC2)s1. The molecule has 2 aromatic heterocycles. The number of aromatic nitrogens is 1. The van der Waals surface area contributed by atoms with Crippen molar-refractivity contribution in [2.24, 2.45) is 0 Å². The quantitative estimate of drug-likeness (QED) is 0.885. The Morgan fingerprint density at radius 1 is 1.32 bits per heavy atom. The molecule has 0 radical (unpaired) electrons. The van der Waals surface area contributed by atoms with E-state index in [0.29, 0.717) is 5.82 Å². The van der Waals surface area contributed by atoms with Gasteiger partial charge in [0.1, 0.15) is 5.82 Å². The van der Waals surface area contributed by atoms with Crippen LogP contribution in [-0.2, 0) is 0 Å². The molecular weight excluding hydrogens is 301 g/mol. The maximum Gasteiger partial charge on any atom is 0.261 e. The molecule has 0 atom stereocenters. The highest BCUT2D eigenvalue weighted by molar-refractivity contribution is 7.13. The summed E-state index contributed by atoms with van der Waals surface area (Å²) in [5.41, 5.74) is 0. The van der Waals surface area contributed by atoms with Gasteiger partial charge in [-0.3, -0.25) is 4.79 Å². The fraction of sp³-hybridized carbons (Fsp3) is 0.375. The van der Waals surface area contributed by atoms with E-state index < -0.39 is 5.95 Å². The molecule has 1 fully saturated rings. The molecule has 0 bridgehead atoms. The molecule has 1 saturated heterocycles. The van der Waals surface area contributed by atoms with Gasteiger partial charge in [0.2, 0.25) is 5.95 Å². The fourth-order valence-electron chi connectivity index (χ4n) is 2.64. The molecule has 0 aliphatic carbocycles. The number of pyridine rings is 1. The summed E-state index contributed by atoms with van der Waals surface area (Å²) in [4.78, 5) is 20.0. The van der Waals surface area contributed by atoms with Crippen LogP contribution in [0.15, 0.2) is 30.3 Å². The van der Waals surface area contributed by atoms with Gasteiger partial charge in [-0.15, -0.1) is 11.3 Å². The first-order valence-electron chi connectivity index (χ1n) is 7.36. The molecular formula is C16H18FN3OS. The number of nitrogens with zero attached hydrogens (tertiary/aromatic N) is 2. The molecule has 0 aromatic carbocycles. The number of halogens is 1. The number of hydrogen-bond donors (Lipinski definition) is 1. The maximum absolute atomic E-state index is 13.2. The summed E-state index contributed by atoms with van der Waals surface area (Å²) in [6.45, 7) is 3.53. The minimum atomic E-state index is -0.457. The topological polar surface area (TPSA) is 45.2 Å². The van der Waals surface area contributed by atoms with Crippen LogP contribution in [0.3, 0.4) is 0 Å². The number of amides is 1. The van der Waals surface area contributed by atoms with Crippen LogP contribution in [0.25, 0.3) is 0 Å². The lowest BCUT2D eigenvalue weighted by molar-refractivity contribution is 0.0935. The second-order valence-corrected chi connectivity index (χ2v) is 6.75. The van der Waals surface area contributed by atoms with E-state index in [9.17, 15) is 9.18 Å². The Hall–Kier alpha value is -1.95. The number of hydrogen-bond acceptors (Lipinski definition) is 4. The minimum Gasteiger partial charge on any atom is -0.356 e. The van der Waals surface area contributed by atoms with Crippen molar-refractivity contribution in [3.63, 3.8) is 0 Å². The minimum absolute atomic E-state index is 0.000399. The van der Waals surface area contributed by atoms with Gasteiger partial charge in [0, 0.05) is 24.0 Å². The number of carbonyl (C=O) groups excluding carboxylic acids is 1. The molecule has 1 N–H and O–H groups in total. The Bertz CT molecular complexity index is 665. The van der Waals surface area contributed by atoms with E-state index >= 15 is 0 Å². The van der Waals surface area contributed by atoms with Crippen LogP contribution in [0.4, 0.5) is 10.2 Å². The molecule has 116 valence electrons. The molecule has 0 unspecified atom stereocenters. The van der Waals surface area contributed by atoms with E-state index in [0.717, 1.165) is 35.7 Å². The standard InChI is InChI=1S/C16H18FN3OS/c1-11-5-6-13(22-11)16(21)18-12-7-9-20(10-8-12)15-4-2-3-14(17)19-15/h2-6,12H,7-10H2,1H3,(H,18,21). The monoisotopic (exact) mass is 319 g/mol. The lowest BCUT2D eigenvalue weighted by Crippen LogP contribution is -2.44. The van der Waals surface area contributed by atoms with Crippen molar-refractivity contribution < 1.29 is 9.18 Å². The first-order chi connectivity index (χ1) is 10.6. The van der Waals surface area contributed by atoms with Gasteiger partial charge in [0.05, 0.1) is 4.88 Å². The van der Waals surface area contributed by atoms with E-state index in [1.165, 1.54) is 17.4 Å². The smallest absolute Gasteiger partial charge is 0.261 e. The normalized spacial score (nSPS) is 15.8. The second-order valence-electron chi connectivity index (χ2n) is 5.46. The Kier molecular flexibility index (Phi) is 4.38. The van der Waals surface area contributed by atoms with E-state index in [2.05, 4.69) is 15.2 Å².